The first-order valence-corrected chi connectivity index (χ1v) is 7.54. The molecule has 0 amide bonds. The average Bonchev–Trinajstić information content (AvgIpc) is 2.40. The van der Waals surface area contributed by atoms with Crippen molar-refractivity contribution in [1.82, 2.24) is 0 Å². The predicted molar refractivity (Wildman–Crippen MR) is 77.2 cm³/mol. The molecule has 1 N–H and O–H groups in total. The van der Waals surface area contributed by atoms with E-state index in [4.69, 9.17) is 0 Å². The number of hydrogen-bond acceptors (Lipinski definition) is 2. The van der Waals surface area contributed by atoms with E-state index in [0.717, 1.165) is 16.0 Å². The van der Waals surface area contributed by atoms with E-state index in [1.165, 1.54) is 6.07 Å². The highest BCUT2D eigenvalue weighted by Gasteiger charge is 2.02. The zero-order valence-electron chi connectivity index (χ0n) is 10.9. The molecular formula is C15H16FNOS. The third-order valence-corrected chi connectivity index (χ3v) is 3.80. The van der Waals surface area contributed by atoms with Gasteiger partial charge in [0.25, 0.3) is 0 Å². The summed E-state index contributed by atoms with van der Waals surface area (Å²) in [5, 5.41) is 3.07. The lowest BCUT2D eigenvalue weighted by Gasteiger charge is -2.09. The van der Waals surface area contributed by atoms with Gasteiger partial charge in [-0.2, -0.15) is 0 Å². The molecular weight excluding hydrogens is 261 g/mol. The van der Waals surface area contributed by atoms with Crippen molar-refractivity contribution in [2.24, 2.45) is 0 Å². The van der Waals surface area contributed by atoms with Gasteiger partial charge in [0.2, 0.25) is 0 Å². The SMILES string of the molecule is Cc1ccc(F)c(NCc2ccc(S(C)=O)cc2)c1. The highest BCUT2D eigenvalue weighted by atomic mass is 32.2. The van der Waals surface area contributed by atoms with Gasteiger partial charge in [0.05, 0.1) is 5.69 Å². The Morgan fingerprint density at radius 2 is 1.84 bits per heavy atom. The fraction of sp³-hybridized carbons (Fsp3) is 0.200. The topological polar surface area (TPSA) is 29.1 Å². The van der Waals surface area contributed by atoms with Gasteiger partial charge in [-0.25, -0.2) is 4.39 Å². The zero-order chi connectivity index (χ0) is 13.8. The molecule has 0 fully saturated rings. The molecule has 2 aromatic carbocycles. The molecule has 4 heteroatoms. The van der Waals surface area contributed by atoms with E-state index in [1.54, 1.807) is 18.4 Å². The minimum absolute atomic E-state index is 0.253. The third-order valence-electron chi connectivity index (χ3n) is 2.86. The Balaban J connectivity index is 2.06. The van der Waals surface area contributed by atoms with Crippen molar-refractivity contribution < 1.29 is 8.60 Å². The van der Waals surface area contributed by atoms with Crippen molar-refractivity contribution in [3.05, 3.63) is 59.4 Å². The van der Waals surface area contributed by atoms with Crippen molar-refractivity contribution in [3.8, 4) is 0 Å². The molecule has 0 aliphatic carbocycles. The van der Waals surface area contributed by atoms with E-state index in [-0.39, 0.29) is 5.82 Å². The molecule has 2 aromatic rings. The summed E-state index contributed by atoms with van der Waals surface area (Å²) in [7, 11) is -0.964. The molecule has 0 saturated carbocycles. The van der Waals surface area contributed by atoms with Crippen LogP contribution in [0.1, 0.15) is 11.1 Å². The summed E-state index contributed by atoms with van der Waals surface area (Å²) < 4.78 is 24.8. The quantitative estimate of drug-likeness (QED) is 0.927. The van der Waals surface area contributed by atoms with Crippen LogP contribution < -0.4 is 5.32 Å². The highest BCUT2D eigenvalue weighted by Crippen LogP contribution is 2.17. The first-order valence-electron chi connectivity index (χ1n) is 5.98. The molecule has 2 rings (SSSR count). The summed E-state index contributed by atoms with van der Waals surface area (Å²) in [6, 6.07) is 12.5. The third kappa shape index (κ3) is 3.64. The van der Waals surface area contributed by atoms with Crippen LogP contribution in [0.15, 0.2) is 47.4 Å². The second kappa shape index (κ2) is 5.97. The van der Waals surface area contributed by atoms with Crippen molar-refractivity contribution in [3.63, 3.8) is 0 Å². The summed E-state index contributed by atoms with van der Waals surface area (Å²) >= 11 is 0. The zero-order valence-corrected chi connectivity index (χ0v) is 11.8. The monoisotopic (exact) mass is 277 g/mol. The molecule has 0 aliphatic heterocycles. The van der Waals surface area contributed by atoms with Crippen LogP contribution in [0.2, 0.25) is 0 Å². The number of anilines is 1. The second-order valence-electron chi connectivity index (χ2n) is 4.43. The van der Waals surface area contributed by atoms with Crippen LogP contribution in [0.3, 0.4) is 0 Å². The van der Waals surface area contributed by atoms with Gasteiger partial charge >= 0.3 is 0 Å². The van der Waals surface area contributed by atoms with Gasteiger partial charge in [-0.3, -0.25) is 4.21 Å². The van der Waals surface area contributed by atoms with E-state index in [2.05, 4.69) is 5.32 Å². The molecule has 0 bridgehead atoms. The predicted octanol–water partition coefficient (Wildman–Crippen LogP) is 3.48. The number of aryl methyl sites for hydroxylation is 1. The standard InChI is InChI=1S/C15H16FNOS/c1-11-3-8-14(16)15(9-11)17-10-12-4-6-13(7-5-12)19(2)18/h3-9,17H,10H2,1-2H3. The minimum atomic E-state index is -0.964. The minimum Gasteiger partial charge on any atom is -0.379 e. The van der Waals surface area contributed by atoms with Crippen LogP contribution in [0.4, 0.5) is 10.1 Å². The lowest BCUT2D eigenvalue weighted by Crippen LogP contribution is -2.02. The summed E-state index contributed by atoms with van der Waals surface area (Å²) in [6.45, 7) is 2.47. The maximum atomic E-state index is 13.5. The number of benzene rings is 2. The second-order valence-corrected chi connectivity index (χ2v) is 5.81. The van der Waals surface area contributed by atoms with E-state index in [0.29, 0.717) is 12.2 Å². The Morgan fingerprint density at radius 3 is 2.47 bits per heavy atom. The molecule has 2 nitrogen and oxygen atoms in total. The molecule has 0 radical (unpaired) electrons. The average molecular weight is 277 g/mol. The highest BCUT2D eigenvalue weighted by molar-refractivity contribution is 7.84. The van der Waals surface area contributed by atoms with Crippen LogP contribution in [0, 0.1) is 12.7 Å². The number of rotatable bonds is 4. The number of hydrogen-bond donors (Lipinski definition) is 1. The van der Waals surface area contributed by atoms with Crippen molar-refractivity contribution >= 4 is 16.5 Å². The molecule has 0 aliphatic rings. The van der Waals surface area contributed by atoms with Crippen molar-refractivity contribution in [1.29, 1.82) is 0 Å². The maximum absolute atomic E-state index is 13.5. The molecule has 1 atom stereocenters. The van der Waals surface area contributed by atoms with Crippen molar-refractivity contribution in [2.45, 2.75) is 18.4 Å². The van der Waals surface area contributed by atoms with Crippen LogP contribution in [-0.4, -0.2) is 10.5 Å². The van der Waals surface area contributed by atoms with Gasteiger partial charge in [0.15, 0.2) is 0 Å². The van der Waals surface area contributed by atoms with Crippen LogP contribution in [0.25, 0.3) is 0 Å². The smallest absolute Gasteiger partial charge is 0.146 e. The van der Waals surface area contributed by atoms with Gasteiger partial charge in [-0.1, -0.05) is 18.2 Å². The molecule has 100 valence electrons. The van der Waals surface area contributed by atoms with Gasteiger partial charge in [0, 0.05) is 28.5 Å². The van der Waals surface area contributed by atoms with Gasteiger partial charge in [0.1, 0.15) is 5.82 Å². The molecule has 0 aromatic heterocycles. The first-order chi connectivity index (χ1) is 9.06. The van der Waals surface area contributed by atoms with E-state index < -0.39 is 10.8 Å². The molecule has 19 heavy (non-hydrogen) atoms. The van der Waals surface area contributed by atoms with Crippen LogP contribution in [-0.2, 0) is 17.3 Å². The largest absolute Gasteiger partial charge is 0.379 e. The van der Waals surface area contributed by atoms with E-state index in [1.807, 2.05) is 31.2 Å². The number of nitrogens with one attached hydrogen (secondary N) is 1. The Morgan fingerprint density at radius 1 is 1.16 bits per heavy atom. The fourth-order valence-corrected chi connectivity index (χ4v) is 2.29. The van der Waals surface area contributed by atoms with E-state index in [9.17, 15) is 8.60 Å². The van der Waals surface area contributed by atoms with E-state index >= 15 is 0 Å². The lowest BCUT2D eigenvalue weighted by molar-refractivity contribution is 0.629. The molecule has 0 heterocycles. The maximum Gasteiger partial charge on any atom is 0.146 e. The first kappa shape index (κ1) is 13.7. The Labute approximate surface area is 115 Å². The van der Waals surface area contributed by atoms with Crippen LogP contribution in [0.5, 0.6) is 0 Å². The molecule has 1 unspecified atom stereocenters. The Kier molecular flexibility index (Phi) is 4.32. The summed E-state index contributed by atoms with van der Waals surface area (Å²) in [6.07, 6.45) is 1.65. The number of halogens is 1. The Bertz CT molecular complexity index is 596. The summed E-state index contributed by atoms with van der Waals surface area (Å²) in [5.74, 6) is -0.253. The summed E-state index contributed by atoms with van der Waals surface area (Å²) in [4.78, 5) is 0.797. The molecule has 0 spiro atoms. The fourth-order valence-electron chi connectivity index (χ4n) is 1.77. The molecule has 0 saturated heterocycles. The van der Waals surface area contributed by atoms with Gasteiger partial charge < -0.3 is 5.32 Å². The summed E-state index contributed by atoms with van der Waals surface area (Å²) in [5.41, 5.74) is 2.54. The van der Waals surface area contributed by atoms with Crippen molar-refractivity contribution in [2.75, 3.05) is 11.6 Å². The van der Waals surface area contributed by atoms with Crippen LogP contribution >= 0.6 is 0 Å². The lowest BCUT2D eigenvalue weighted by atomic mass is 10.2. The normalized spacial score (nSPS) is 12.2. The Hall–Kier alpha value is -1.68. The van der Waals surface area contributed by atoms with Gasteiger partial charge in [-0.05, 0) is 42.3 Å². The van der Waals surface area contributed by atoms with Gasteiger partial charge in [-0.15, -0.1) is 0 Å².